The second kappa shape index (κ2) is 15.5. The summed E-state index contributed by atoms with van der Waals surface area (Å²) in [7, 11) is 0. The summed E-state index contributed by atoms with van der Waals surface area (Å²) >= 11 is 0. The molecule has 0 N–H and O–H groups in total. The van der Waals surface area contributed by atoms with E-state index in [9.17, 15) is 0 Å². The average molecular weight is 673 g/mol. The van der Waals surface area contributed by atoms with Crippen molar-refractivity contribution in [1.82, 2.24) is 29.9 Å². The van der Waals surface area contributed by atoms with E-state index in [1.54, 1.807) is 0 Å². The Kier molecular flexibility index (Phi) is 9.69. The molecule has 0 aliphatic rings. The summed E-state index contributed by atoms with van der Waals surface area (Å²) in [6.45, 7) is 0. The van der Waals surface area contributed by atoms with E-state index in [1.165, 1.54) is 0 Å². The van der Waals surface area contributed by atoms with Gasteiger partial charge in [-0.15, -0.1) is 0 Å². The maximum Gasteiger partial charge on any atom is 0.0858 e. The van der Waals surface area contributed by atoms with Crippen molar-refractivity contribution in [3.05, 3.63) is 228 Å². The van der Waals surface area contributed by atoms with Gasteiger partial charge < -0.3 is 0 Å². The summed E-state index contributed by atoms with van der Waals surface area (Å²) in [6, 6.07) is 57.4. The molecule has 8 rings (SSSR count). The van der Waals surface area contributed by atoms with Gasteiger partial charge in [-0.1, -0.05) is 97.1 Å². The van der Waals surface area contributed by atoms with Crippen LogP contribution in [0.15, 0.2) is 182 Å². The van der Waals surface area contributed by atoms with E-state index in [1.807, 2.05) is 97.3 Å². The Morgan fingerprint density at radius 3 is 1.08 bits per heavy atom. The van der Waals surface area contributed by atoms with Crippen LogP contribution in [0.5, 0.6) is 0 Å². The molecule has 0 aliphatic heterocycles. The van der Waals surface area contributed by atoms with Crippen molar-refractivity contribution < 1.29 is 0 Å². The molecular weight excluding hydrogens is 637 g/mol. The Bertz CT molecular complexity index is 2200. The van der Waals surface area contributed by atoms with Crippen LogP contribution in [0.4, 0.5) is 0 Å². The van der Waals surface area contributed by atoms with E-state index < -0.39 is 0 Å². The first-order valence-electron chi connectivity index (χ1n) is 17.6. The van der Waals surface area contributed by atoms with Gasteiger partial charge in [-0.05, 0) is 85.6 Å². The molecule has 52 heavy (non-hydrogen) atoms. The number of hydrogen-bond acceptors (Lipinski definition) is 6. The van der Waals surface area contributed by atoms with Crippen molar-refractivity contribution in [2.45, 2.75) is 24.7 Å². The molecule has 250 valence electrons. The third-order valence-corrected chi connectivity index (χ3v) is 9.12. The minimum Gasteiger partial charge on any atom is -0.260 e. The van der Waals surface area contributed by atoms with Crippen LogP contribution >= 0.6 is 0 Å². The largest absolute Gasteiger partial charge is 0.260 e. The molecular formula is C46H36N6. The van der Waals surface area contributed by atoms with Gasteiger partial charge in [0.05, 0.1) is 57.4 Å². The predicted molar refractivity (Wildman–Crippen MR) is 206 cm³/mol. The number of pyridine rings is 6. The maximum absolute atomic E-state index is 5.21. The molecule has 0 saturated carbocycles. The minimum atomic E-state index is -0.218. The first-order valence-corrected chi connectivity index (χ1v) is 17.6. The number of aryl methyl sites for hydroxylation is 2. The van der Waals surface area contributed by atoms with E-state index in [4.69, 9.17) is 29.9 Å². The van der Waals surface area contributed by atoms with E-state index >= 15 is 0 Å². The molecule has 0 fully saturated rings. The molecule has 0 aliphatic carbocycles. The molecule has 2 atom stereocenters. The topological polar surface area (TPSA) is 77.3 Å². The highest BCUT2D eigenvalue weighted by Crippen LogP contribution is 2.32. The fraction of sp³-hybridized carbons (Fsp3) is 0.0870. The van der Waals surface area contributed by atoms with E-state index in [0.717, 1.165) is 80.9 Å². The lowest BCUT2D eigenvalue weighted by Crippen LogP contribution is -2.12. The Labute approximate surface area is 304 Å². The lowest BCUT2D eigenvalue weighted by atomic mass is 9.94. The van der Waals surface area contributed by atoms with Crippen LogP contribution in [0.1, 0.15) is 57.4 Å². The van der Waals surface area contributed by atoms with Crippen molar-refractivity contribution in [1.29, 1.82) is 0 Å². The van der Waals surface area contributed by atoms with Crippen LogP contribution < -0.4 is 0 Å². The number of hydrogen-bond donors (Lipinski definition) is 0. The normalized spacial score (nSPS) is 12.2. The van der Waals surface area contributed by atoms with Crippen molar-refractivity contribution in [3.63, 3.8) is 0 Å². The van der Waals surface area contributed by atoms with Gasteiger partial charge in [0.2, 0.25) is 0 Å². The number of benzene rings is 2. The van der Waals surface area contributed by atoms with E-state index in [-0.39, 0.29) is 11.8 Å². The molecule has 0 unspecified atom stereocenters. The van der Waals surface area contributed by atoms with Gasteiger partial charge in [0, 0.05) is 34.9 Å². The van der Waals surface area contributed by atoms with Gasteiger partial charge in [0.1, 0.15) is 0 Å². The standard InChI is InChI=1S/C46H36N6/c1-3-15-33(16-4-1)37-23-13-27-43(51-37)45(39-21-7-9-31-47-39)41-25-11-19-35(49-41)29-30-36-20-12-26-42(50-36)46(40-22-8-10-32-48-40)44-28-14-24-38(52-44)34-17-5-2-6-18-34/h1-28,31-32,45-46H,29-30H2/t45-,46-/m0/s1. The summed E-state index contributed by atoms with van der Waals surface area (Å²) in [6.07, 6.45) is 5.12. The number of nitrogens with zero attached hydrogens (tertiary/aromatic N) is 6. The smallest absolute Gasteiger partial charge is 0.0858 e. The Morgan fingerprint density at radius 2 is 0.673 bits per heavy atom. The molecule has 6 aromatic heterocycles. The molecule has 6 heteroatoms. The minimum absolute atomic E-state index is 0.218. The van der Waals surface area contributed by atoms with Crippen molar-refractivity contribution in [2.75, 3.05) is 0 Å². The third kappa shape index (κ3) is 7.42. The van der Waals surface area contributed by atoms with Crippen LogP contribution in [-0.4, -0.2) is 29.9 Å². The lowest BCUT2D eigenvalue weighted by molar-refractivity contribution is 0.793. The van der Waals surface area contributed by atoms with Crippen molar-refractivity contribution >= 4 is 0 Å². The Morgan fingerprint density at radius 1 is 0.308 bits per heavy atom. The highest BCUT2D eigenvalue weighted by molar-refractivity contribution is 5.60. The maximum atomic E-state index is 5.21. The first kappa shape index (κ1) is 32.5. The molecule has 0 saturated heterocycles. The summed E-state index contributed by atoms with van der Waals surface area (Å²) in [4.78, 5) is 30.2. The quantitative estimate of drug-likeness (QED) is 0.136. The van der Waals surface area contributed by atoms with E-state index in [0.29, 0.717) is 0 Å². The highest BCUT2D eigenvalue weighted by atomic mass is 14.8. The van der Waals surface area contributed by atoms with Crippen LogP contribution in [-0.2, 0) is 12.8 Å². The van der Waals surface area contributed by atoms with Crippen LogP contribution in [0.3, 0.4) is 0 Å². The number of aromatic nitrogens is 6. The summed E-state index contributed by atoms with van der Waals surface area (Å²) in [5, 5.41) is 0. The molecule has 0 bridgehead atoms. The SMILES string of the molecule is c1ccc(-c2cccc([C@@H](c3ccccn3)c3cccc(CCc4cccc([C@H](c5ccccn5)c5cccc(-c6ccccc6)n5)n4)n3)n2)cc1. The van der Waals surface area contributed by atoms with Gasteiger partial charge in [-0.2, -0.15) is 0 Å². The zero-order chi connectivity index (χ0) is 35.0. The highest BCUT2D eigenvalue weighted by Gasteiger charge is 2.23. The zero-order valence-corrected chi connectivity index (χ0v) is 28.6. The van der Waals surface area contributed by atoms with Gasteiger partial charge in [-0.3, -0.25) is 29.9 Å². The van der Waals surface area contributed by atoms with Gasteiger partial charge in [-0.25, -0.2) is 0 Å². The van der Waals surface area contributed by atoms with Gasteiger partial charge >= 0.3 is 0 Å². The molecule has 0 spiro atoms. The molecule has 0 amide bonds. The van der Waals surface area contributed by atoms with Crippen LogP contribution in [0, 0.1) is 0 Å². The molecule has 6 heterocycles. The fourth-order valence-electron chi connectivity index (χ4n) is 6.62. The van der Waals surface area contributed by atoms with Crippen LogP contribution in [0.25, 0.3) is 22.5 Å². The summed E-state index contributed by atoms with van der Waals surface area (Å²) in [5.41, 5.74) is 11.4. The second-order valence-corrected chi connectivity index (χ2v) is 12.6. The first-order chi connectivity index (χ1) is 25.8. The molecule has 8 aromatic rings. The van der Waals surface area contributed by atoms with Crippen molar-refractivity contribution in [2.24, 2.45) is 0 Å². The van der Waals surface area contributed by atoms with Crippen LogP contribution in [0.2, 0.25) is 0 Å². The molecule has 6 nitrogen and oxygen atoms in total. The molecule has 2 aromatic carbocycles. The predicted octanol–water partition coefficient (Wildman–Crippen LogP) is 9.54. The zero-order valence-electron chi connectivity index (χ0n) is 28.6. The molecule has 0 radical (unpaired) electrons. The van der Waals surface area contributed by atoms with Crippen molar-refractivity contribution in [3.8, 4) is 22.5 Å². The Balaban J connectivity index is 1.08. The number of rotatable bonds is 11. The summed E-state index contributed by atoms with van der Waals surface area (Å²) < 4.78 is 0. The Hall–Kier alpha value is -6.66. The average Bonchev–Trinajstić information content (AvgIpc) is 3.22. The third-order valence-electron chi connectivity index (χ3n) is 9.12. The second-order valence-electron chi connectivity index (χ2n) is 12.6. The summed E-state index contributed by atoms with van der Waals surface area (Å²) in [5.74, 6) is -0.436. The van der Waals surface area contributed by atoms with Gasteiger partial charge in [0.15, 0.2) is 0 Å². The lowest BCUT2D eigenvalue weighted by Gasteiger charge is -2.18. The monoisotopic (exact) mass is 672 g/mol. The fourth-order valence-corrected chi connectivity index (χ4v) is 6.62. The van der Waals surface area contributed by atoms with E-state index in [2.05, 4.69) is 84.9 Å². The van der Waals surface area contributed by atoms with Gasteiger partial charge in [0.25, 0.3) is 0 Å².